The zero-order valence-corrected chi connectivity index (χ0v) is 18.0. The average Bonchev–Trinajstić information content (AvgIpc) is 3.17. The van der Waals surface area contributed by atoms with Crippen LogP contribution in [-0.2, 0) is 24.1 Å². The molecule has 5 heteroatoms. The van der Waals surface area contributed by atoms with Crippen LogP contribution in [0.5, 0.6) is 0 Å². The molecule has 1 aromatic heterocycles. The van der Waals surface area contributed by atoms with Gasteiger partial charge >= 0.3 is 0 Å². The van der Waals surface area contributed by atoms with Crippen LogP contribution in [0.1, 0.15) is 52.5 Å². The summed E-state index contributed by atoms with van der Waals surface area (Å²) in [6.45, 7) is 4.88. The van der Waals surface area contributed by atoms with Gasteiger partial charge in [-0.15, -0.1) is 11.3 Å². The Hall–Kier alpha value is -2.14. The van der Waals surface area contributed by atoms with Crippen molar-refractivity contribution in [2.24, 2.45) is 5.92 Å². The summed E-state index contributed by atoms with van der Waals surface area (Å²) in [5, 5.41) is 2.06. The third-order valence-corrected chi connectivity index (χ3v) is 7.30. The Kier molecular flexibility index (Phi) is 6.34. The van der Waals surface area contributed by atoms with Crippen molar-refractivity contribution in [3.8, 4) is 0 Å². The van der Waals surface area contributed by atoms with Gasteiger partial charge in [-0.05, 0) is 49.1 Å². The number of benzene rings is 1. The molecule has 0 N–H and O–H groups in total. The second kappa shape index (κ2) is 9.12. The Labute approximate surface area is 177 Å². The fraction of sp³-hybridized carbons (Fsp3) is 0.500. The minimum atomic E-state index is 0.160. The van der Waals surface area contributed by atoms with E-state index >= 15 is 0 Å². The number of piperazine rings is 1. The minimum Gasteiger partial charge on any atom is -0.339 e. The molecular weight excluding hydrogens is 380 g/mol. The normalized spacial score (nSPS) is 19.1. The predicted molar refractivity (Wildman–Crippen MR) is 117 cm³/mol. The molecule has 1 atom stereocenters. The standard InChI is InChI=1S/C24H30N2O2S/c1-18-10-11-20-21(17-29-22(20)16-18)24(28)26-14-12-25(13-15-26)23(27)9-5-8-19-6-3-2-4-7-19/h2-4,6-7,17-18H,5,8-16H2,1H3. The van der Waals surface area contributed by atoms with Gasteiger partial charge in [0.15, 0.2) is 0 Å². The Morgan fingerprint density at radius 1 is 1.07 bits per heavy atom. The van der Waals surface area contributed by atoms with Gasteiger partial charge in [-0.3, -0.25) is 9.59 Å². The van der Waals surface area contributed by atoms with Crippen LogP contribution < -0.4 is 0 Å². The fourth-order valence-electron chi connectivity index (χ4n) is 4.43. The highest BCUT2D eigenvalue weighted by Gasteiger charge is 2.29. The van der Waals surface area contributed by atoms with Gasteiger partial charge in [-0.1, -0.05) is 37.3 Å². The van der Waals surface area contributed by atoms with Gasteiger partial charge in [0.1, 0.15) is 0 Å². The molecule has 154 valence electrons. The van der Waals surface area contributed by atoms with E-state index in [-0.39, 0.29) is 11.8 Å². The van der Waals surface area contributed by atoms with E-state index in [1.54, 1.807) is 11.3 Å². The van der Waals surface area contributed by atoms with Crippen molar-refractivity contribution in [2.45, 2.75) is 45.4 Å². The van der Waals surface area contributed by atoms with E-state index in [0.29, 0.717) is 32.6 Å². The molecule has 1 saturated heterocycles. The number of hydrogen-bond acceptors (Lipinski definition) is 3. The fourth-order valence-corrected chi connectivity index (χ4v) is 5.67. The number of carbonyl (C=O) groups is 2. The molecule has 2 amide bonds. The molecule has 1 aromatic carbocycles. The lowest BCUT2D eigenvalue weighted by Crippen LogP contribution is -2.50. The highest BCUT2D eigenvalue weighted by atomic mass is 32.1. The minimum absolute atomic E-state index is 0.160. The predicted octanol–water partition coefficient (Wildman–Crippen LogP) is 4.18. The van der Waals surface area contributed by atoms with E-state index in [0.717, 1.165) is 37.2 Å². The SMILES string of the molecule is CC1CCc2c(C(=O)N3CCN(C(=O)CCCc4ccccc4)CC3)csc2C1. The molecule has 0 saturated carbocycles. The first-order chi connectivity index (χ1) is 14.1. The molecule has 4 rings (SSSR count). The van der Waals surface area contributed by atoms with Crippen LogP contribution in [0.2, 0.25) is 0 Å². The van der Waals surface area contributed by atoms with Crippen LogP contribution >= 0.6 is 11.3 Å². The maximum Gasteiger partial charge on any atom is 0.255 e. The Bertz CT molecular complexity index is 853. The van der Waals surface area contributed by atoms with Crippen LogP contribution in [-0.4, -0.2) is 47.8 Å². The molecule has 4 nitrogen and oxygen atoms in total. The van der Waals surface area contributed by atoms with Crippen LogP contribution in [0.25, 0.3) is 0 Å². The molecule has 2 aliphatic rings. The van der Waals surface area contributed by atoms with E-state index in [2.05, 4.69) is 24.4 Å². The average molecular weight is 411 g/mol. The van der Waals surface area contributed by atoms with Gasteiger partial charge in [0.25, 0.3) is 5.91 Å². The zero-order valence-electron chi connectivity index (χ0n) is 17.2. The van der Waals surface area contributed by atoms with E-state index in [4.69, 9.17) is 0 Å². The third-order valence-electron chi connectivity index (χ3n) is 6.25. The number of rotatable bonds is 5. The summed E-state index contributed by atoms with van der Waals surface area (Å²) in [5.41, 5.74) is 3.49. The first-order valence-corrected chi connectivity index (χ1v) is 11.7. The topological polar surface area (TPSA) is 40.6 Å². The summed E-state index contributed by atoms with van der Waals surface area (Å²) in [7, 11) is 0. The van der Waals surface area contributed by atoms with E-state index in [1.165, 1.54) is 22.4 Å². The van der Waals surface area contributed by atoms with Crippen molar-refractivity contribution in [3.05, 3.63) is 57.3 Å². The van der Waals surface area contributed by atoms with Gasteiger partial charge < -0.3 is 9.80 Å². The number of nitrogens with zero attached hydrogens (tertiary/aromatic N) is 2. The zero-order chi connectivity index (χ0) is 20.2. The van der Waals surface area contributed by atoms with Crippen molar-refractivity contribution in [1.29, 1.82) is 0 Å². The molecule has 0 spiro atoms. The molecular formula is C24H30N2O2S. The van der Waals surface area contributed by atoms with E-state index < -0.39 is 0 Å². The molecule has 1 fully saturated rings. The Morgan fingerprint density at radius 3 is 2.55 bits per heavy atom. The lowest BCUT2D eigenvalue weighted by molar-refractivity contribution is -0.132. The molecule has 2 heterocycles. The summed E-state index contributed by atoms with van der Waals surface area (Å²) in [6, 6.07) is 10.3. The summed E-state index contributed by atoms with van der Waals surface area (Å²) in [6.07, 6.45) is 5.71. The summed E-state index contributed by atoms with van der Waals surface area (Å²) in [5.74, 6) is 1.10. The van der Waals surface area contributed by atoms with Gasteiger partial charge in [0.05, 0.1) is 5.56 Å². The number of fused-ring (bicyclic) bond motifs is 1. The van der Waals surface area contributed by atoms with Crippen molar-refractivity contribution < 1.29 is 9.59 Å². The smallest absolute Gasteiger partial charge is 0.255 e. The molecule has 1 unspecified atom stereocenters. The van der Waals surface area contributed by atoms with Crippen molar-refractivity contribution in [1.82, 2.24) is 9.80 Å². The number of aryl methyl sites for hydroxylation is 1. The Balaban J connectivity index is 1.26. The van der Waals surface area contributed by atoms with Crippen molar-refractivity contribution >= 4 is 23.2 Å². The molecule has 29 heavy (non-hydrogen) atoms. The summed E-state index contributed by atoms with van der Waals surface area (Å²) in [4.78, 5) is 30.9. The van der Waals surface area contributed by atoms with Gasteiger partial charge in [-0.2, -0.15) is 0 Å². The number of amides is 2. The number of carbonyl (C=O) groups excluding carboxylic acids is 2. The monoisotopic (exact) mass is 410 g/mol. The first-order valence-electron chi connectivity index (χ1n) is 10.8. The second-order valence-corrected chi connectivity index (χ2v) is 9.38. The number of thiophene rings is 1. The lowest BCUT2D eigenvalue weighted by Gasteiger charge is -2.35. The maximum absolute atomic E-state index is 13.0. The van der Waals surface area contributed by atoms with Crippen LogP contribution in [0.4, 0.5) is 0 Å². The van der Waals surface area contributed by atoms with Crippen LogP contribution in [0, 0.1) is 5.92 Å². The second-order valence-electron chi connectivity index (χ2n) is 8.41. The quantitative estimate of drug-likeness (QED) is 0.742. The highest BCUT2D eigenvalue weighted by molar-refractivity contribution is 7.10. The Morgan fingerprint density at radius 2 is 1.79 bits per heavy atom. The van der Waals surface area contributed by atoms with Crippen molar-refractivity contribution in [2.75, 3.05) is 26.2 Å². The van der Waals surface area contributed by atoms with Crippen molar-refractivity contribution in [3.63, 3.8) is 0 Å². The molecule has 1 aliphatic heterocycles. The van der Waals surface area contributed by atoms with Gasteiger partial charge in [0, 0.05) is 42.9 Å². The molecule has 1 aliphatic carbocycles. The van der Waals surface area contributed by atoms with E-state index in [9.17, 15) is 9.59 Å². The maximum atomic E-state index is 13.0. The van der Waals surface area contributed by atoms with Crippen LogP contribution in [0.3, 0.4) is 0 Å². The largest absolute Gasteiger partial charge is 0.339 e. The highest BCUT2D eigenvalue weighted by Crippen LogP contribution is 2.33. The van der Waals surface area contributed by atoms with E-state index in [1.807, 2.05) is 28.0 Å². The molecule has 0 radical (unpaired) electrons. The molecule has 2 aromatic rings. The summed E-state index contributed by atoms with van der Waals surface area (Å²) >= 11 is 1.75. The van der Waals surface area contributed by atoms with Gasteiger partial charge in [-0.25, -0.2) is 0 Å². The molecule has 0 bridgehead atoms. The number of hydrogen-bond donors (Lipinski definition) is 0. The third kappa shape index (κ3) is 4.72. The van der Waals surface area contributed by atoms with Crippen LogP contribution in [0.15, 0.2) is 35.7 Å². The first kappa shape index (κ1) is 20.1. The lowest BCUT2D eigenvalue weighted by atomic mass is 9.88. The summed E-state index contributed by atoms with van der Waals surface area (Å²) < 4.78 is 0. The van der Waals surface area contributed by atoms with Gasteiger partial charge in [0.2, 0.25) is 5.91 Å².